The molecule has 2 fully saturated rings. The molecule has 2 heterocycles. The Morgan fingerprint density at radius 1 is 1.00 bits per heavy atom. The summed E-state index contributed by atoms with van der Waals surface area (Å²) in [4.78, 5) is 40.5. The van der Waals surface area contributed by atoms with Crippen LogP contribution in [0, 0.1) is 17.8 Å². The summed E-state index contributed by atoms with van der Waals surface area (Å²) in [6, 6.07) is 19.0. The number of fused-ring (bicyclic) bond motifs is 1. The van der Waals surface area contributed by atoms with Crippen molar-refractivity contribution >= 4 is 17.9 Å². The van der Waals surface area contributed by atoms with Crippen molar-refractivity contribution in [3.63, 3.8) is 0 Å². The van der Waals surface area contributed by atoms with E-state index in [0.717, 1.165) is 31.5 Å². The molecule has 8 heteroatoms. The Balaban J connectivity index is 1.37. The molecule has 192 valence electrons. The van der Waals surface area contributed by atoms with Crippen LogP contribution in [0.5, 0.6) is 0 Å². The number of hydrogen-bond donors (Lipinski definition) is 3. The van der Waals surface area contributed by atoms with Gasteiger partial charge >= 0.3 is 6.09 Å². The molecular weight excluding hydrogens is 456 g/mol. The first-order valence-electron chi connectivity index (χ1n) is 12.8. The van der Waals surface area contributed by atoms with Crippen molar-refractivity contribution in [3.05, 3.63) is 71.8 Å². The van der Waals surface area contributed by atoms with Crippen LogP contribution < -0.4 is 16.0 Å². The van der Waals surface area contributed by atoms with E-state index in [1.165, 1.54) is 5.56 Å². The van der Waals surface area contributed by atoms with Gasteiger partial charge in [-0.15, -0.1) is 0 Å². The Labute approximate surface area is 212 Å². The third-order valence-corrected chi connectivity index (χ3v) is 7.26. The molecule has 2 aliphatic rings. The molecule has 0 radical (unpaired) electrons. The highest BCUT2D eigenvalue weighted by Crippen LogP contribution is 2.32. The number of carbonyl (C=O) groups excluding carboxylic acids is 3. The van der Waals surface area contributed by atoms with Gasteiger partial charge in [-0.25, -0.2) is 4.79 Å². The summed E-state index contributed by atoms with van der Waals surface area (Å²) >= 11 is 0. The molecule has 3 amide bonds. The number of hydrogen-bond acceptors (Lipinski definition) is 5. The maximum Gasteiger partial charge on any atom is 0.410 e. The molecule has 0 aromatic heterocycles. The van der Waals surface area contributed by atoms with Crippen LogP contribution in [0.3, 0.4) is 0 Å². The Morgan fingerprint density at radius 3 is 2.39 bits per heavy atom. The standard InChI is InChI=1S/C28H36N4O4/c1-29-27(34)25(14-8-13-20-9-4-2-5-10-20)31-26(33)24-18-32(17-22-15-30-16-23(22)24)28(35)36-19-21-11-6-3-7-12-21/h2-7,9-12,22-25,30H,8,13-19H2,1H3,(H,29,34)(H,31,33)/t22?,23?,24?,25-/m0/s1. The summed E-state index contributed by atoms with van der Waals surface area (Å²) in [7, 11) is 1.58. The van der Waals surface area contributed by atoms with Crippen molar-refractivity contribution in [1.82, 2.24) is 20.9 Å². The molecule has 3 N–H and O–H groups in total. The molecular formula is C28H36N4O4. The summed E-state index contributed by atoms with van der Waals surface area (Å²) in [5, 5.41) is 9.04. The van der Waals surface area contributed by atoms with Crippen LogP contribution in [0.15, 0.2) is 60.7 Å². The van der Waals surface area contributed by atoms with E-state index in [2.05, 4.69) is 28.1 Å². The fraction of sp³-hybridized carbons (Fsp3) is 0.464. The fourth-order valence-corrected chi connectivity index (χ4v) is 5.27. The molecule has 0 saturated carbocycles. The molecule has 0 bridgehead atoms. The summed E-state index contributed by atoms with van der Waals surface area (Å²) in [6.45, 7) is 2.53. The lowest BCUT2D eigenvalue weighted by Crippen LogP contribution is -2.56. The van der Waals surface area contributed by atoms with Gasteiger partial charge in [-0.1, -0.05) is 60.7 Å². The number of aryl methyl sites for hydroxylation is 1. The average Bonchev–Trinajstić information content (AvgIpc) is 3.40. The molecule has 2 aromatic carbocycles. The number of nitrogens with one attached hydrogen (secondary N) is 3. The Hall–Kier alpha value is -3.39. The molecule has 4 rings (SSSR count). The van der Waals surface area contributed by atoms with Gasteiger partial charge in [0.2, 0.25) is 11.8 Å². The first kappa shape index (κ1) is 25.7. The van der Waals surface area contributed by atoms with E-state index in [4.69, 9.17) is 4.74 Å². The van der Waals surface area contributed by atoms with Crippen LogP contribution in [0.1, 0.15) is 24.0 Å². The summed E-state index contributed by atoms with van der Waals surface area (Å²) < 4.78 is 5.55. The van der Waals surface area contributed by atoms with Gasteiger partial charge in [-0.3, -0.25) is 9.59 Å². The van der Waals surface area contributed by atoms with Gasteiger partial charge in [0.15, 0.2) is 0 Å². The molecule has 3 unspecified atom stereocenters. The lowest BCUT2D eigenvalue weighted by atomic mass is 9.79. The van der Waals surface area contributed by atoms with Gasteiger partial charge < -0.3 is 25.6 Å². The number of nitrogens with zero attached hydrogens (tertiary/aromatic N) is 1. The van der Waals surface area contributed by atoms with E-state index in [9.17, 15) is 14.4 Å². The predicted molar refractivity (Wildman–Crippen MR) is 137 cm³/mol. The van der Waals surface area contributed by atoms with E-state index in [1.54, 1.807) is 11.9 Å². The number of likely N-dealkylation sites (tertiary alicyclic amines) is 1. The zero-order chi connectivity index (χ0) is 25.3. The number of benzene rings is 2. The first-order chi connectivity index (χ1) is 17.5. The van der Waals surface area contributed by atoms with Crippen molar-refractivity contribution in [3.8, 4) is 0 Å². The van der Waals surface area contributed by atoms with Crippen LogP contribution in [0.2, 0.25) is 0 Å². The summed E-state index contributed by atoms with van der Waals surface area (Å²) in [5.74, 6) is -0.479. The van der Waals surface area contributed by atoms with Crippen LogP contribution in [0.25, 0.3) is 0 Å². The smallest absolute Gasteiger partial charge is 0.410 e. The zero-order valence-electron chi connectivity index (χ0n) is 20.8. The van der Waals surface area contributed by atoms with E-state index >= 15 is 0 Å². The van der Waals surface area contributed by atoms with E-state index in [1.807, 2.05) is 48.5 Å². The quantitative estimate of drug-likeness (QED) is 0.499. The van der Waals surface area contributed by atoms with Crippen molar-refractivity contribution in [2.24, 2.45) is 17.8 Å². The minimum atomic E-state index is -0.612. The highest BCUT2D eigenvalue weighted by Gasteiger charge is 2.45. The molecule has 0 spiro atoms. The average molecular weight is 493 g/mol. The number of ether oxygens (including phenoxy) is 1. The number of amides is 3. The van der Waals surface area contributed by atoms with Gasteiger partial charge in [-0.2, -0.15) is 0 Å². The fourth-order valence-electron chi connectivity index (χ4n) is 5.27. The van der Waals surface area contributed by atoms with E-state index in [-0.39, 0.29) is 36.8 Å². The van der Waals surface area contributed by atoms with Gasteiger partial charge in [0.1, 0.15) is 12.6 Å². The monoisotopic (exact) mass is 492 g/mol. The van der Waals surface area contributed by atoms with Crippen molar-refractivity contribution in [2.45, 2.75) is 31.9 Å². The number of piperidine rings is 1. The predicted octanol–water partition coefficient (Wildman–Crippen LogP) is 2.34. The largest absolute Gasteiger partial charge is 0.445 e. The SMILES string of the molecule is CNC(=O)[C@H](CCCc1ccccc1)NC(=O)C1CN(C(=O)OCc2ccccc2)CC2CNCC21. The van der Waals surface area contributed by atoms with E-state index in [0.29, 0.717) is 13.0 Å². The Bertz CT molecular complexity index is 1020. The topological polar surface area (TPSA) is 99.8 Å². The summed E-state index contributed by atoms with van der Waals surface area (Å²) in [6.07, 6.45) is 1.75. The Kier molecular flexibility index (Phi) is 8.95. The third kappa shape index (κ3) is 6.63. The van der Waals surface area contributed by atoms with Crippen LogP contribution in [0.4, 0.5) is 4.79 Å². The zero-order valence-corrected chi connectivity index (χ0v) is 20.8. The van der Waals surface area contributed by atoms with Crippen LogP contribution in [-0.4, -0.2) is 62.1 Å². The lowest BCUT2D eigenvalue weighted by molar-refractivity contribution is -0.134. The Morgan fingerprint density at radius 2 is 1.69 bits per heavy atom. The van der Waals surface area contributed by atoms with E-state index < -0.39 is 18.1 Å². The highest BCUT2D eigenvalue weighted by atomic mass is 16.6. The molecule has 0 aliphatic carbocycles. The maximum atomic E-state index is 13.5. The maximum absolute atomic E-state index is 13.5. The van der Waals surface area contributed by atoms with Gasteiger partial charge in [0, 0.05) is 20.1 Å². The number of likely N-dealkylation sites (N-methyl/N-ethyl adjacent to an activating group) is 1. The number of carbonyl (C=O) groups is 3. The molecule has 2 aliphatic heterocycles. The van der Waals surface area contributed by atoms with Crippen molar-refractivity contribution in [1.29, 1.82) is 0 Å². The summed E-state index contributed by atoms with van der Waals surface area (Å²) in [5.41, 5.74) is 2.12. The minimum absolute atomic E-state index is 0.123. The normalized spacial score (nSPS) is 21.8. The van der Waals surface area contributed by atoms with Gasteiger partial charge in [-0.05, 0) is 55.3 Å². The van der Waals surface area contributed by atoms with Crippen molar-refractivity contribution < 1.29 is 19.1 Å². The second-order valence-electron chi connectivity index (χ2n) is 9.69. The van der Waals surface area contributed by atoms with Gasteiger partial charge in [0.25, 0.3) is 0 Å². The molecule has 2 saturated heterocycles. The number of rotatable bonds is 9. The lowest BCUT2D eigenvalue weighted by Gasteiger charge is -2.39. The van der Waals surface area contributed by atoms with Crippen LogP contribution >= 0.6 is 0 Å². The second-order valence-corrected chi connectivity index (χ2v) is 9.69. The molecule has 4 atom stereocenters. The van der Waals surface area contributed by atoms with Crippen LogP contribution in [-0.2, 0) is 27.4 Å². The molecule has 36 heavy (non-hydrogen) atoms. The third-order valence-electron chi connectivity index (χ3n) is 7.26. The first-order valence-corrected chi connectivity index (χ1v) is 12.8. The van der Waals surface area contributed by atoms with Crippen molar-refractivity contribution in [2.75, 3.05) is 33.2 Å². The molecule has 2 aromatic rings. The second kappa shape index (κ2) is 12.5. The van der Waals surface area contributed by atoms with Gasteiger partial charge in [0.05, 0.1) is 5.92 Å². The highest BCUT2D eigenvalue weighted by molar-refractivity contribution is 5.89. The minimum Gasteiger partial charge on any atom is -0.445 e. The molecule has 8 nitrogen and oxygen atoms in total.